The molecule has 1 fully saturated rings. The lowest BCUT2D eigenvalue weighted by Gasteiger charge is -2.34. The molecule has 0 radical (unpaired) electrons. The molecule has 3 heterocycles. The zero-order valence-corrected chi connectivity index (χ0v) is 19.6. The van der Waals surface area contributed by atoms with Gasteiger partial charge in [-0.1, -0.05) is 13.8 Å². The number of aliphatic imine (C=N–C) groups is 1. The van der Waals surface area contributed by atoms with Crippen molar-refractivity contribution in [2.75, 3.05) is 57.8 Å². The predicted molar refractivity (Wildman–Crippen MR) is 125 cm³/mol. The van der Waals surface area contributed by atoms with E-state index in [0.29, 0.717) is 5.92 Å². The summed E-state index contributed by atoms with van der Waals surface area (Å²) in [5.41, 5.74) is 2.41. The highest BCUT2D eigenvalue weighted by Crippen LogP contribution is 2.18. The minimum atomic E-state index is 0.407. The Morgan fingerprint density at radius 3 is 2.55 bits per heavy atom. The Balaban J connectivity index is 1.52. The Morgan fingerprint density at radius 1 is 1.19 bits per heavy atom. The highest BCUT2D eigenvalue weighted by atomic mass is 15.3. The first-order valence-corrected chi connectivity index (χ1v) is 11.2. The number of guanidine groups is 1. The number of rotatable bonds is 8. The van der Waals surface area contributed by atoms with E-state index in [1.165, 1.54) is 5.56 Å². The Morgan fingerprint density at radius 2 is 1.90 bits per heavy atom. The minimum absolute atomic E-state index is 0.407. The van der Waals surface area contributed by atoms with Gasteiger partial charge in [-0.3, -0.25) is 14.6 Å². The number of piperazine rings is 1. The molecule has 2 aromatic rings. The van der Waals surface area contributed by atoms with Crippen LogP contribution in [0.5, 0.6) is 0 Å². The van der Waals surface area contributed by atoms with Gasteiger partial charge in [0.2, 0.25) is 5.95 Å². The largest absolute Gasteiger partial charge is 0.357 e. The van der Waals surface area contributed by atoms with E-state index in [-0.39, 0.29) is 0 Å². The maximum absolute atomic E-state index is 4.89. The Bertz CT molecular complexity index is 823. The van der Waals surface area contributed by atoms with Crippen molar-refractivity contribution < 1.29 is 0 Å². The van der Waals surface area contributed by atoms with Crippen molar-refractivity contribution in [3.8, 4) is 0 Å². The smallest absolute Gasteiger partial charge is 0.225 e. The van der Waals surface area contributed by atoms with Gasteiger partial charge >= 0.3 is 0 Å². The van der Waals surface area contributed by atoms with Crippen LogP contribution >= 0.6 is 0 Å². The molecule has 2 aromatic heterocycles. The molecular formula is C22H37N9. The van der Waals surface area contributed by atoms with E-state index in [2.05, 4.69) is 69.1 Å². The van der Waals surface area contributed by atoms with E-state index >= 15 is 0 Å². The van der Waals surface area contributed by atoms with Gasteiger partial charge in [0, 0.05) is 84.1 Å². The van der Waals surface area contributed by atoms with Crippen LogP contribution in [0.1, 0.15) is 37.9 Å². The van der Waals surface area contributed by atoms with Crippen molar-refractivity contribution in [3.63, 3.8) is 0 Å². The van der Waals surface area contributed by atoms with Gasteiger partial charge in [-0.25, -0.2) is 9.97 Å². The second kappa shape index (κ2) is 11.1. The number of hydrogen-bond acceptors (Lipinski definition) is 6. The van der Waals surface area contributed by atoms with E-state index < -0.39 is 0 Å². The summed E-state index contributed by atoms with van der Waals surface area (Å²) >= 11 is 0. The molecule has 0 aromatic carbocycles. The minimum Gasteiger partial charge on any atom is -0.357 e. The lowest BCUT2D eigenvalue weighted by Crippen LogP contribution is -2.47. The number of anilines is 1. The van der Waals surface area contributed by atoms with Crippen molar-refractivity contribution >= 4 is 11.9 Å². The van der Waals surface area contributed by atoms with Gasteiger partial charge < -0.3 is 15.1 Å². The van der Waals surface area contributed by atoms with Crippen LogP contribution in [0.15, 0.2) is 29.6 Å². The average molecular weight is 428 g/mol. The summed E-state index contributed by atoms with van der Waals surface area (Å²) < 4.78 is 1.91. The lowest BCUT2D eigenvalue weighted by molar-refractivity contribution is 0.263. The first kappa shape index (κ1) is 23.0. The summed E-state index contributed by atoms with van der Waals surface area (Å²) in [4.78, 5) is 20.5. The van der Waals surface area contributed by atoms with Crippen LogP contribution in [0.2, 0.25) is 0 Å². The molecule has 170 valence electrons. The molecule has 0 unspecified atom stereocenters. The second-order valence-corrected chi connectivity index (χ2v) is 8.34. The van der Waals surface area contributed by atoms with Gasteiger partial charge in [0.05, 0.1) is 12.2 Å². The highest BCUT2D eigenvalue weighted by Gasteiger charge is 2.19. The molecule has 1 aliphatic rings. The number of aromatic nitrogens is 4. The van der Waals surface area contributed by atoms with Crippen LogP contribution in [0.3, 0.4) is 0 Å². The molecule has 0 atom stereocenters. The fraction of sp³-hybridized carbons (Fsp3) is 0.636. The second-order valence-electron chi connectivity index (χ2n) is 8.34. The van der Waals surface area contributed by atoms with Crippen molar-refractivity contribution in [2.45, 2.75) is 33.2 Å². The lowest BCUT2D eigenvalue weighted by atomic mass is 10.1. The van der Waals surface area contributed by atoms with Gasteiger partial charge in [-0.15, -0.1) is 0 Å². The number of aryl methyl sites for hydroxylation is 1. The van der Waals surface area contributed by atoms with Crippen molar-refractivity contribution in [1.82, 2.24) is 34.9 Å². The molecule has 1 aliphatic heterocycles. The maximum Gasteiger partial charge on any atom is 0.225 e. The van der Waals surface area contributed by atoms with E-state index in [1.807, 2.05) is 17.8 Å². The molecule has 0 aliphatic carbocycles. The maximum atomic E-state index is 4.89. The topological polar surface area (TPSA) is 77.7 Å². The number of hydrogen-bond donors (Lipinski definition) is 1. The molecule has 1 N–H and O–H groups in total. The van der Waals surface area contributed by atoms with Gasteiger partial charge in [0.1, 0.15) is 0 Å². The van der Waals surface area contributed by atoms with Gasteiger partial charge in [0.15, 0.2) is 5.96 Å². The predicted octanol–water partition coefficient (Wildman–Crippen LogP) is 1.55. The fourth-order valence-corrected chi connectivity index (χ4v) is 3.89. The summed E-state index contributed by atoms with van der Waals surface area (Å²) in [6.45, 7) is 13.8. The SMILES string of the molecule is CCNC(=NCCN1CCN(c2ncccn2)CC1)N(C)Cc1cn(C)nc1C(C)C. The quantitative estimate of drug-likeness (QED) is 0.506. The van der Waals surface area contributed by atoms with Crippen molar-refractivity contribution in [3.05, 3.63) is 35.9 Å². The zero-order valence-electron chi connectivity index (χ0n) is 19.6. The molecule has 0 amide bonds. The molecule has 31 heavy (non-hydrogen) atoms. The van der Waals surface area contributed by atoms with Crippen LogP contribution in [-0.4, -0.2) is 88.4 Å². The van der Waals surface area contributed by atoms with Crippen LogP contribution in [0.4, 0.5) is 5.95 Å². The van der Waals surface area contributed by atoms with Crippen molar-refractivity contribution in [2.24, 2.45) is 12.0 Å². The molecule has 0 spiro atoms. The monoisotopic (exact) mass is 427 g/mol. The third-order valence-corrected chi connectivity index (χ3v) is 5.47. The third kappa shape index (κ3) is 6.40. The summed E-state index contributed by atoms with van der Waals surface area (Å²) in [6.07, 6.45) is 5.72. The molecule has 9 heteroatoms. The molecule has 9 nitrogen and oxygen atoms in total. The average Bonchev–Trinajstić information content (AvgIpc) is 3.14. The molecular weight excluding hydrogens is 390 g/mol. The molecule has 1 saturated heterocycles. The number of nitrogens with one attached hydrogen (secondary N) is 1. The normalized spacial score (nSPS) is 15.5. The van der Waals surface area contributed by atoms with Gasteiger partial charge in [0.25, 0.3) is 0 Å². The first-order chi connectivity index (χ1) is 15.0. The summed E-state index contributed by atoms with van der Waals surface area (Å²) in [6, 6.07) is 1.86. The van der Waals surface area contributed by atoms with E-state index in [1.54, 1.807) is 12.4 Å². The fourth-order valence-electron chi connectivity index (χ4n) is 3.89. The zero-order chi connectivity index (χ0) is 22.2. The molecule has 0 bridgehead atoms. The standard InChI is InChI=1S/C22H37N9/c1-6-23-21(28(4)16-19-17-29(5)27-20(19)18(2)3)26-10-11-30-12-14-31(15-13-30)22-24-8-7-9-25-22/h7-9,17-18H,6,10-16H2,1-5H3,(H,23,26). The Kier molecular flexibility index (Phi) is 8.22. The van der Waals surface area contributed by atoms with Crippen LogP contribution in [-0.2, 0) is 13.6 Å². The van der Waals surface area contributed by atoms with Gasteiger partial charge in [-0.05, 0) is 18.9 Å². The number of nitrogens with zero attached hydrogens (tertiary/aromatic N) is 8. The van der Waals surface area contributed by atoms with Crippen LogP contribution in [0, 0.1) is 0 Å². The highest BCUT2D eigenvalue weighted by molar-refractivity contribution is 5.79. The summed E-state index contributed by atoms with van der Waals surface area (Å²) in [5, 5.41) is 8.06. The first-order valence-electron chi connectivity index (χ1n) is 11.2. The third-order valence-electron chi connectivity index (χ3n) is 5.47. The molecule has 3 rings (SSSR count). The van der Waals surface area contributed by atoms with E-state index in [4.69, 9.17) is 4.99 Å². The molecule has 0 saturated carbocycles. The van der Waals surface area contributed by atoms with E-state index in [9.17, 15) is 0 Å². The van der Waals surface area contributed by atoms with Crippen LogP contribution in [0.25, 0.3) is 0 Å². The van der Waals surface area contributed by atoms with E-state index in [0.717, 1.165) is 70.0 Å². The Labute approximate surface area is 186 Å². The van der Waals surface area contributed by atoms with Gasteiger partial charge in [-0.2, -0.15) is 5.10 Å². The summed E-state index contributed by atoms with van der Waals surface area (Å²) in [5.74, 6) is 2.17. The Hall–Kier alpha value is -2.68. The van der Waals surface area contributed by atoms with Crippen molar-refractivity contribution in [1.29, 1.82) is 0 Å². The van der Waals surface area contributed by atoms with Crippen LogP contribution < -0.4 is 10.2 Å². The summed E-state index contributed by atoms with van der Waals surface area (Å²) in [7, 11) is 4.08.